The molecule has 1 unspecified atom stereocenters. The monoisotopic (exact) mass is 145 g/mol. The molecule has 0 amide bonds. The largest absolute Gasteiger partial charge is 0.187 e. The Labute approximate surface area is 64.8 Å². The van der Waals surface area contributed by atoms with E-state index >= 15 is 0 Å². The topological polar surface area (TPSA) is 0 Å². The van der Waals surface area contributed by atoms with Crippen LogP contribution >= 0.6 is 0 Å². The van der Waals surface area contributed by atoms with Gasteiger partial charge in [-0.1, -0.05) is 33.5 Å². The molecule has 2 heteroatoms. The lowest BCUT2D eigenvalue weighted by Gasteiger charge is -2.19. The van der Waals surface area contributed by atoms with Gasteiger partial charge in [-0.2, -0.15) is 0 Å². The molecule has 49 valence electrons. The van der Waals surface area contributed by atoms with Crippen LogP contribution in [-0.2, 0) is 0 Å². The zero-order chi connectivity index (χ0) is 6.08. The molecule has 0 aromatic heterocycles. The Balaban J connectivity index is 0. The summed E-state index contributed by atoms with van der Waals surface area (Å²) in [5, 5.41) is 0. The number of hydrogen-bond donors (Lipinski definition) is 0. The van der Waals surface area contributed by atoms with Gasteiger partial charge in [0.2, 0.25) is 0 Å². The summed E-state index contributed by atoms with van der Waals surface area (Å²) in [7, 11) is -0.846. The molecule has 0 spiro atoms. The fourth-order valence-electron chi connectivity index (χ4n) is 0. The van der Waals surface area contributed by atoms with E-state index in [1.54, 1.807) is 0 Å². The molecule has 1 atom stereocenters. The van der Waals surface area contributed by atoms with Crippen LogP contribution in [0.4, 0.5) is 0 Å². The van der Waals surface area contributed by atoms with Crippen LogP contribution in [0.25, 0.3) is 0 Å². The van der Waals surface area contributed by atoms with Gasteiger partial charge in [0.1, 0.15) is 0 Å². The van der Waals surface area contributed by atoms with Gasteiger partial charge in [0.05, 0.1) is 0 Å². The van der Waals surface area contributed by atoms with E-state index in [4.69, 9.17) is 0 Å². The highest BCUT2D eigenvalue weighted by molar-refractivity contribution is 6.77. The predicted octanol–water partition coefficient (Wildman–Crippen LogP) is 1.36. The molecule has 0 nitrogen and oxygen atoms in total. The second kappa shape index (κ2) is 3.71. The van der Waals surface area contributed by atoms with Crippen molar-refractivity contribution in [2.24, 2.45) is 0 Å². The molecule has 0 heterocycles. The third-order valence-electron chi connectivity index (χ3n) is 1.48. The van der Waals surface area contributed by atoms with Crippen molar-refractivity contribution >= 4 is 25.4 Å². The standard InChI is InChI=1S/C6H15Si.Al.3H/c1-6(2)7(3,4)5;;;;/h6H,1H2,2-5H3;;;;. The van der Waals surface area contributed by atoms with Crippen molar-refractivity contribution in [3.8, 4) is 0 Å². The summed E-state index contributed by atoms with van der Waals surface area (Å²) in [6.07, 6.45) is 0. The van der Waals surface area contributed by atoms with Crippen LogP contribution in [0.5, 0.6) is 0 Å². The Morgan fingerprint density at radius 1 is 1.25 bits per heavy atom. The van der Waals surface area contributed by atoms with Crippen LogP contribution in [0.15, 0.2) is 0 Å². The Kier molecular flexibility index (Phi) is 5.35. The van der Waals surface area contributed by atoms with E-state index in [1.165, 1.54) is 0 Å². The van der Waals surface area contributed by atoms with Crippen molar-refractivity contribution in [1.29, 1.82) is 0 Å². The molecular formula is C6H18AlSi. The summed E-state index contributed by atoms with van der Waals surface area (Å²) in [6, 6.07) is 0. The highest BCUT2D eigenvalue weighted by Gasteiger charge is 2.16. The second-order valence-electron chi connectivity index (χ2n) is 3.27. The lowest BCUT2D eigenvalue weighted by Crippen LogP contribution is -2.23. The fraction of sp³-hybridized carbons (Fsp3) is 0.833. The second-order valence-corrected chi connectivity index (χ2v) is 8.98. The van der Waals surface area contributed by atoms with E-state index in [-0.39, 0.29) is 17.4 Å². The maximum atomic E-state index is 3.97. The van der Waals surface area contributed by atoms with Gasteiger partial charge in [0.15, 0.2) is 17.4 Å². The first-order valence-corrected chi connectivity index (χ1v) is 6.35. The third kappa shape index (κ3) is 4.90. The van der Waals surface area contributed by atoms with Crippen molar-refractivity contribution in [3.63, 3.8) is 0 Å². The van der Waals surface area contributed by atoms with Crippen molar-refractivity contribution in [2.45, 2.75) is 32.1 Å². The van der Waals surface area contributed by atoms with Crippen LogP contribution in [0.3, 0.4) is 0 Å². The summed E-state index contributed by atoms with van der Waals surface area (Å²) < 4.78 is 0. The quantitative estimate of drug-likeness (QED) is 0.489. The molecule has 0 fully saturated rings. The van der Waals surface area contributed by atoms with Crippen molar-refractivity contribution in [1.82, 2.24) is 0 Å². The highest BCUT2D eigenvalue weighted by atomic mass is 28.3. The molecule has 0 aliphatic heterocycles. The first-order valence-electron chi connectivity index (χ1n) is 2.77. The minimum atomic E-state index is -0.846. The Morgan fingerprint density at radius 3 is 1.38 bits per heavy atom. The van der Waals surface area contributed by atoms with Gasteiger partial charge < -0.3 is 0 Å². The van der Waals surface area contributed by atoms with Gasteiger partial charge in [-0.05, 0) is 5.54 Å². The lowest BCUT2D eigenvalue weighted by atomic mass is 10.6. The molecule has 0 rings (SSSR count). The minimum Gasteiger partial charge on any atom is -0.0694 e. The van der Waals surface area contributed by atoms with Crippen molar-refractivity contribution in [3.05, 3.63) is 6.92 Å². The van der Waals surface area contributed by atoms with Crippen LogP contribution in [0.2, 0.25) is 25.2 Å². The summed E-state index contributed by atoms with van der Waals surface area (Å²) >= 11 is 0. The first kappa shape index (κ1) is 11.5. The lowest BCUT2D eigenvalue weighted by molar-refractivity contribution is 1.13. The van der Waals surface area contributed by atoms with E-state index in [1.807, 2.05) is 0 Å². The average Bonchev–Trinajstić information content (AvgIpc) is 1.31. The Bertz CT molecular complexity index is 54.0. The fourth-order valence-corrected chi connectivity index (χ4v) is 0. The predicted molar refractivity (Wildman–Crippen MR) is 48.1 cm³/mol. The Hall–Kier alpha value is 0.749. The molecular weight excluding hydrogens is 127 g/mol. The van der Waals surface area contributed by atoms with Gasteiger partial charge in [-0.25, -0.2) is 0 Å². The van der Waals surface area contributed by atoms with Gasteiger partial charge in [-0.15, -0.1) is 0 Å². The molecule has 8 heavy (non-hydrogen) atoms. The van der Waals surface area contributed by atoms with Crippen LogP contribution < -0.4 is 0 Å². The SMILES string of the molecule is [AlH3].[CH2]C(C)[Si](C)(C)C. The van der Waals surface area contributed by atoms with E-state index in [0.717, 1.165) is 0 Å². The number of hydrogen-bond acceptors (Lipinski definition) is 0. The zero-order valence-electron chi connectivity index (χ0n) is 5.78. The van der Waals surface area contributed by atoms with E-state index in [0.29, 0.717) is 5.54 Å². The maximum Gasteiger partial charge on any atom is 0.187 e. The third-order valence-corrected chi connectivity index (χ3v) is 4.44. The van der Waals surface area contributed by atoms with Crippen LogP contribution in [-0.4, -0.2) is 25.4 Å². The highest BCUT2D eigenvalue weighted by Crippen LogP contribution is 2.17. The van der Waals surface area contributed by atoms with Crippen molar-refractivity contribution in [2.75, 3.05) is 0 Å². The molecule has 1 radical (unpaired) electrons. The molecule has 0 saturated carbocycles. The molecule has 0 aromatic rings. The molecule has 0 saturated heterocycles. The van der Waals surface area contributed by atoms with Crippen LogP contribution in [0.1, 0.15) is 6.92 Å². The van der Waals surface area contributed by atoms with E-state index < -0.39 is 8.07 Å². The minimum absolute atomic E-state index is 0. The molecule has 0 aliphatic rings. The first-order chi connectivity index (χ1) is 2.94. The summed E-state index contributed by atoms with van der Waals surface area (Å²) in [5.41, 5.74) is 0.687. The summed E-state index contributed by atoms with van der Waals surface area (Å²) in [4.78, 5) is 0. The zero-order valence-corrected chi connectivity index (χ0v) is 6.78. The van der Waals surface area contributed by atoms with Crippen LogP contribution in [0, 0.1) is 6.92 Å². The van der Waals surface area contributed by atoms with Gasteiger partial charge in [0.25, 0.3) is 0 Å². The van der Waals surface area contributed by atoms with E-state index in [2.05, 4.69) is 33.5 Å². The van der Waals surface area contributed by atoms with Gasteiger partial charge in [-0.3, -0.25) is 0 Å². The summed E-state index contributed by atoms with van der Waals surface area (Å²) in [5.74, 6) is 0. The average molecular weight is 145 g/mol. The van der Waals surface area contributed by atoms with Crippen molar-refractivity contribution < 1.29 is 0 Å². The Morgan fingerprint density at radius 2 is 1.38 bits per heavy atom. The molecule has 0 bridgehead atoms. The normalized spacial score (nSPS) is 11.2. The summed E-state index contributed by atoms with van der Waals surface area (Å²) in [6.45, 7) is 13.2. The smallest absolute Gasteiger partial charge is 0.0694 e. The van der Waals surface area contributed by atoms with Gasteiger partial charge >= 0.3 is 0 Å². The maximum absolute atomic E-state index is 3.97. The number of rotatable bonds is 1. The van der Waals surface area contributed by atoms with Gasteiger partial charge in [0, 0.05) is 8.07 Å². The molecule has 0 aliphatic carbocycles. The van der Waals surface area contributed by atoms with E-state index in [9.17, 15) is 0 Å². The molecule has 0 N–H and O–H groups in total. The molecule has 0 aromatic carbocycles.